The molecule has 0 saturated carbocycles. The van der Waals surface area contributed by atoms with Crippen LogP contribution in [0.4, 0.5) is 24.5 Å². The van der Waals surface area contributed by atoms with E-state index in [9.17, 15) is 18.0 Å². The van der Waals surface area contributed by atoms with Crippen LogP contribution in [0.3, 0.4) is 0 Å². The lowest BCUT2D eigenvalue weighted by Gasteiger charge is -2.27. The monoisotopic (exact) mass is 303 g/mol. The summed E-state index contributed by atoms with van der Waals surface area (Å²) in [5.74, 6) is -0.755. The predicted molar refractivity (Wildman–Crippen MR) is 72.5 cm³/mol. The van der Waals surface area contributed by atoms with Gasteiger partial charge in [-0.25, -0.2) is 0 Å². The number of hydrogen-bond acceptors (Lipinski definition) is 4. The molecule has 5 nitrogen and oxygen atoms in total. The van der Waals surface area contributed by atoms with Crippen molar-refractivity contribution in [2.45, 2.75) is 6.18 Å². The zero-order chi connectivity index (χ0) is 15.5. The number of aliphatic hydroxyl groups excluding tert-OH is 1. The average Bonchev–Trinajstić information content (AvgIpc) is 2.44. The van der Waals surface area contributed by atoms with Gasteiger partial charge in [-0.3, -0.25) is 4.79 Å². The van der Waals surface area contributed by atoms with Crippen LogP contribution < -0.4 is 10.6 Å². The molecule has 0 aromatic heterocycles. The molecule has 0 radical (unpaired) electrons. The summed E-state index contributed by atoms with van der Waals surface area (Å²) in [4.78, 5) is 12.9. The number of carbonyl (C=O) groups excluding carboxylic acids is 1. The summed E-state index contributed by atoms with van der Waals surface area (Å²) in [7, 11) is 0. The Balaban J connectivity index is 2.28. The van der Waals surface area contributed by atoms with Crippen molar-refractivity contribution in [1.29, 1.82) is 0 Å². The lowest BCUT2D eigenvalue weighted by Crippen LogP contribution is -2.41. The molecule has 0 bridgehead atoms. The van der Waals surface area contributed by atoms with Gasteiger partial charge in [0.05, 0.1) is 23.5 Å². The summed E-state index contributed by atoms with van der Waals surface area (Å²) in [5, 5.41) is 15.0. The number of halogens is 3. The molecule has 116 valence electrons. The quantitative estimate of drug-likeness (QED) is 0.789. The van der Waals surface area contributed by atoms with Crippen LogP contribution in [0, 0.1) is 0 Å². The largest absolute Gasteiger partial charge is 0.406 e. The molecule has 1 aromatic carbocycles. The fourth-order valence-corrected chi connectivity index (χ4v) is 2.21. The zero-order valence-corrected chi connectivity index (χ0v) is 11.2. The van der Waals surface area contributed by atoms with E-state index in [0.717, 1.165) is 0 Å². The van der Waals surface area contributed by atoms with E-state index in [1.165, 1.54) is 6.07 Å². The second kappa shape index (κ2) is 6.21. The third kappa shape index (κ3) is 3.78. The molecule has 8 heteroatoms. The summed E-state index contributed by atoms with van der Waals surface area (Å²) in [5.41, 5.74) is 1.35. The maximum absolute atomic E-state index is 12.5. The molecule has 0 fully saturated rings. The minimum atomic E-state index is -4.51. The van der Waals surface area contributed by atoms with Crippen molar-refractivity contribution in [3.63, 3.8) is 0 Å². The SMILES string of the molecule is O=C(c1cccc2c1NCCN2)N(CCO)CC(F)(F)F. The molecule has 0 spiro atoms. The second-order valence-corrected chi connectivity index (χ2v) is 4.65. The molecule has 0 unspecified atom stereocenters. The molecule has 0 aliphatic carbocycles. The van der Waals surface area contributed by atoms with Crippen LogP contribution in [-0.2, 0) is 0 Å². The highest BCUT2D eigenvalue weighted by atomic mass is 19.4. The van der Waals surface area contributed by atoms with Crippen molar-refractivity contribution in [2.75, 3.05) is 43.4 Å². The van der Waals surface area contributed by atoms with Crippen molar-refractivity contribution in [1.82, 2.24) is 4.90 Å². The molecule has 21 heavy (non-hydrogen) atoms. The Bertz CT molecular complexity index is 520. The van der Waals surface area contributed by atoms with Gasteiger partial charge in [0.25, 0.3) is 5.91 Å². The van der Waals surface area contributed by atoms with Crippen LogP contribution in [0.1, 0.15) is 10.4 Å². The van der Waals surface area contributed by atoms with Gasteiger partial charge in [-0.15, -0.1) is 0 Å². The highest BCUT2D eigenvalue weighted by Gasteiger charge is 2.34. The number of fused-ring (bicyclic) bond motifs is 1. The van der Waals surface area contributed by atoms with Crippen molar-refractivity contribution in [3.8, 4) is 0 Å². The molecular formula is C13H16F3N3O2. The van der Waals surface area contributed by atoms with Gasteiger partial charge in [0.2, 0.25) is 0 Å². The molecule has 3 N–H and O–H groups in total. The van der Waals surface area contributed by atoms with E-state index in [1.807, 2.05) is 0 Å². The van der Waals surface area contributed by atoms with Crippen LogP contribution in [0.25, 0.3) is 0 Å². The number of para-hydroxylation sites is 1. The van der Waals surface area contributed by atoms with E-state index < -0.39 is 25.2 Å². The Morgan fingerprint density at radius 3 is 2.67 bits per heavy atom. The summed E-state index contributed by atoms with van der Waals surface area (Å²) in [6, 6.07) is 4.83. The summed E-state index contributed by atoms with van der Waals surface area (Å²) in [6.07, 6.45) is -4.51. The first-order valence-electron chi connectivity index (χ1n) is 6.50. The molecule has 1 heterocycles. The molecule has 1 amide bonds. The third-order valence-electron chi connectivity index (χ3n) is 3.06. The first-order valence-corrected chi connectivity index (χ1v) is 6.50. The molecule has 1 aromatic rings. The Kier molecular flexibility index (Phi) is 4.56. The average molecular weight is 303 g/mol. The molecule has 0 atom stereocenters. The van der Waals surface area contributed by atoms with Crippen LogP contribution >= 0.6 is 0 Å². The van der Waals surface area contributed by atoms with Crippen molar-refractivity contribution in [3.05, 3.63) is 23.8 Å². The van der Waals surface area contributed by atoms with E-state index in [2.05, 4.69) is 10.6 Å². The minimum absolute atomic E-state index is 0.164. The predicted octanol–water partition coefficient (Wildman–Crippen LogP) is 1.52. The van der Waals surface area contributed by atoms with E-state index in [4.69, 9.17) is 5.11 Å². The number of nitrogens with one attached hydrogen (secondary N) is 2. The van der Waals surface area contributed by atoms with Crippen LogP contribution in [-0.4, -0.2) is 54.9 Å². The van der Waals surface area contributed by atoms with E-state index in [-0.39, 0.29) is 12.1 Å². The number of amides is 1. The Morgan fingerprint density at radius 1 is 1.29 bits per heavy atom. The van der Waals surface area contributed by atoms with Gasteiger partial charge in [0.1, 0.15) is 6.54 Å². The highest BCUT2D eigenvalue weighted by Crippen LogP contribution is 2.29. The van der Waals surface area contributed by atoms with E-state index >= 15 is 0 Å². The summed E-state index contributed by atoms with van der Waals surface area (Å²) in [6.45, 7) is -1.02. The maximum Gasteiger partial charge on any atom is 0.406 e. The smallest absolute Gasteiger partial charge is 0.395 e. The topological polar surface area (TPSA) is 64.6 Å². The molecular weight excluding hydrogens is 287 g/mol. The van der Waals surface area contributed by atoms with Gasteiger partial charge in [-0.05, 0) is 12.1 Å². The van der Waals surface area contributed by atoms with Gasteiger partial charge < -0.3 is 20.6 Å². The van der Waals surface area contributed by atoms with Crippen LogP contribution in [0.2, 0.25) is 0 Å². The zero-order valence-electron chi connectivity index (χ0n) is 11.2. The Morgan fingerprint density at radius 2 is 2.00 bits per heavy atom. The first-order chi connectivity index (χ1) is 9.92. The fourth-order valence-electron chi connectivity index (χ4n) is 2.21. The number of hydrogen-bond donors (Lipinski definition) is 3. The number of aliphatic hydroxyl groups is 1. The fraction of sp³-hybridized carbons (Fsp3) is 0.462. The van der Waals surface area contributed by atoms with Gasteiger partial charge in [-0.2, -0.15) is 13.2 Å². The van der Waals surface area contributed by atoms with E-state index in [0.29, 0.717) is 29.4 Å². The lowest BCUT2D eigenvalue weighted by atomic mass is 10.1. The number of alkyl halides is 3. The van der Waals surface area contributed by atoms with Crippen LogP contribution in [0.5, 0.6) is 0 Å². The normalized spacial score (nSPS) is 13.9. The van der Waals surface area contributed by atoms with Gasteiger partial charge in [-0.1, -0.05) is 6.07 Å². The van der Waals surface area contributed by atoms with Crippen molar-refractivity contribution < 1.29 is 23.1 Å². The van der Waals surface area contributed by atoms with Crippen molar-refractivity contribution in [2.24, 2.45) is 0 Å². The molecule has 1 aliphatic rings. The number of rotatable bonds is 4. The number of benzene rings is 1. The lowest BCUT2D eigenvalue weighted by molar-refractivity contribution is -0.141. The molecule has 1 aliphatic heterocycles. The highest BCUT2D eigenvalue weighted by molar-refractivity contribution is 6.02. The summed E-state index contributed by atoms with van der Waals surface area (Å²) < 4.78 is 37.6. The molecule has 2 rings (SSSR count). The molecule has 0 saturated heterocycles. The first kappa shape index (κ1) is 15.4. The second-order valence-electron chi connectivity index (χ2n) is 4.65. The third-order valence-corrected chi connectivity index (χ3v) is 3.06. The number of anilines is 2. The minimum Gasteiger partial charge on any atom is -0.395 e. The van der Waals surface area contributed by atoms with Gasteiger partial charge >= 0.3 is 6.18 Å². The number of carbonyl (C=O) groups is 1. The Labute approximate surface area is 119 Å². The van der Waals surface area contributed by atoms with E-state index in [1.54, 1.807) is 12.1 Å². The standard InChI is InChI=1S/C13H16F3N3O2/c14-13(15,16)8-19(6-7-20)12(21)9-2-1-3-10-11(9)18-5-4-17-10/h1-3,17-18,20H,4-8H2. The van der Waals surface area contributed by atoms with Crippen LogP contribution in [0.15, 0.2) is 18.2 Å². The maximum atomic E-state index is 12.5. The van der Waals surface area contributed by atoms with Gasteiger partial charge in [0.15, 0.2) is 0 Å². The Hall–Kier alpha value is -1.96. The van der Waals surface area contributed by atoms with Gasteiger partial charge in [0, 0.05) is 19.6 Å². The summed E-state index contributed by atoms with van der Waals surface area (Å²) >= 11 is 0. The number of nitrogens with zero attached hydrogens (tertiary/aromatic N) is 1. The van der Waals surface area contributed by atoms with Crippen molar-refractivity contribution >= 4 is 17.3 Å².